The van der Waals surface area contributed by atoms with Crippen LogP contribution in [0, 0.1) is 0 Å². The van der Waals surface area contributed by atoms with Crippen molar-refractivity contribution in [2.75, 3.05) is 0 Å². The topological polar surface area (TPSA) is 54.4 Å². The molecule has 0 saturated heterocycles. The van der Waals surface area contributed by atoms with E-state index in [4.69, 9.17) is 0 Å². The lowest BCUT2D eigenvalue weighted by Crippen LogP contribution is -2.10. The van der Waals surface area contributed by atoms with Crippen LogP contribution in [0.5, 0.6) is 0 Å². The molecule has 3 aromatic carbocycles. The summed E-state index contributed by atoms with van der Waals surface area (Å²) in [4.78, 5) is -0.438. The first kappa shape index (κ1) is 20.7. The number of hydrogen-bond acceptors (Lipinski definition) is 3. The summed E-state index contributed by atoms with van der Waals surface area (Å²) in [6.07, 6.45) is -4.65. The summed E-state index contributed by atoms with van der Waals surface area (Å²) >= 11 is 0. The summed E-state index contributed by atoms with van der Waals surface area (Å²) in [6, 6.07) is 17.6. The lowest BCUT2D eigenvalue weighted by Gasteiger charge is -2.13. The molecule has 0 aromatic heterocycles. The highest BCUT2D eigenvalue weighted by Gasteiger charge is 2.31. The molecule has 0 unspecified atom stereocenters. The molecule has 3 aromatic rings. The van der Waals surface area contributed by atoms with Crippen molar-refractivity contribution in [3.05, 3.63) is 96.1 Å². The number of sulfone groups is 1. The summed E-state index contributed by atoms with van der Waals surface area (Å²) in [7, 11) is -4.10. The Balaban J connectivity index is 2.05. The van der Waals surface area contributed by atoms with Gasteiger partial charge >= 0.3 is 6.18 Å². The zero-order valence-corrected chi connectivity index (χ0v) is 16.0. The van der Waals surface area contributed by atoms with E-state index < -0.39 is 32.2 Å². The number of benzene rings is 3. The first-order chi connectivity index (χ1) is 13.6. The minimum absolute atomic E-state index is 0.222. The minimum atomic E-state index is -4.65. The van der Waals surface area contributed by atoms with Crippen molar-refractivity contribution in [3.63, 3.8) is 0 Å². The fourth-order valence-corrected chi connectivity index (χ4v) is 4.37. The van der Waals surface area contributed by atoms with E-state index in [0.29, 0.717) is 11.6 Å². The van der Waals surface area contributed by atoms with Crippen LogP contribution in [0.1, 0.15) is 16.7 Å². The first-order valence-corrected chi connectivity index (χ1v) is 10.2. The third-order valence-electron chi connectivity index (χ3n) is 4.39. The van der Waals surface area contributed by atoms with E-state index in [2.05, 4.69) is 6.58 Å². The maximum Gasteiger partial charge on any atom is 0.416 e. The third-order valence-corrected chi connectivity index (χ3v) is 6.05. The number of halogens is 3. The highest BCUT2D eigenvalue weighted by molar-refractivity contribution is 7.90. The molecule has 3 nitrogen and oxygen atoms in total. The minimum Gasteiger partial charge on any atom is -0.508 e. The van der Waals surface area contributed by atoms with Crippen LogP contribution in [0.25, 0.3) is 16.9 Å². The second-order valence-corrected chi connectivity index (χ2v) is 8.46. The molecule has 0 radical (unpaired) electrons. The van der Waals surface area contributed by atoms with Crippen molar-refractivity contribution in [3.8, 4) is 11.1 Å². The van der Waals surface area contributed by atoms with Crippen LogP contribution in [0.3, 0.4) is 0 Å². The van der Waals surface area contributed by atoms with Crippen LogP contribution < -0.4 is 0 Å². The van der Waals surface area contributed by atoms with Gasteiger partial charge in [-0.1, -0.05) is 55.1 Å². The fourth-order valence-electron chi connectivity index (χ4n) is 2.96. The maximum absolute atomic E-state index is 13.0. The van der Waals surface area contributed by atoms with Crippen molar-refractivity contribution in [1.29, 1.82) is 0 Å². The van der Waals surface area contributed by atoms with Gasteiger partial charge in [-0.05, 0) is 41.0 Å². The van der Waals surface area contributed by atoms with Crippen molar-refractivity contribution in [2.24, 2.45) is 0 Å². The van der Waals surface area contributed by atoms with Crippen LogP contribution in [0.4, 0.5) is 13.2 Å². The number of aliphatic hydroxyl groups is 1. The van der Waals surface area contributed by atoms with Crippen molar-refractivity contribution >= 4 is 15.6 Å². The van der Waals surface area contributed by atoms with Gasteiger partial charge in [0.1, 0.15) is 5.76 Å². The summed E-state index contributed by atoms with van der Waals surface area (Å²) in [5, 5.41) is 9.85. The van der Waals surface area contributed by atoms with Crippen molar-refractivity contribution in [1.82, 2.24) is 0 Å². The predicted octanol–water partition coefficient (Wildman–Crippen LogP) is 5.88. The van der Waals surface area contributed by atoms with Crippen LogP contribution in [-0.2, 0) is 21.8 Å². The molecule has 0 amide bonds. The molecular formula is C22H17F3O3S. The Labute approximate surface area is 166 Å². The SMILES string of the molecule is C=C(O)c1ccc(-c2ccccc2)cc1CS(=O)(=O)c1cccc(C(F)(F)F)c1. The molecule has 0 aliphatic rings. The zero-order chi connectivity index (χ0) is 21.2. The second kappa shape index (κ2) is 7.75. The highest BCUT2D eigenvalue weighted by atomic mass is 32.2. The first-order valence-electron chi connectivity index (χ1n) is 8.54. The van der Waals surface area contributed by atoms with Gasteiger partial charge in [-0.15, -0.1) is 0 Å². The molecule has 0 fully saturated rings. The van der Waals surface area contributed by atoms with Gasteiger partial charge in [0.25, 0.3) is 0 Å². The van der Waals surface area contributed by atoms with E-state index in [9.17, 15) is 26.7 Å². The summed E-state index contributed by atoms with van der Waals surface area (Å²) in [5.74, 6) is -0.900. The maximum atomic E-state index is 13.0. The smallest absolute Gasteiger partial charge is 0.416 e. The Kier molecular flexibility index (Phi) is 5.53. The van der Waals surface area contributed by atoms with Gasteiger partial charge in [0.05, 0.1) is 16.2 Å². The molecule has 0 aliphatic heterocycles. The molecule has 0 heterocycles. The summed E-state index contributed by atoms with van der Waals surface area (Å²) in [5.41, 5.74) is 0.977. The molecule has 0 bridgehead atoms. The van der Waals surface area contributed by atoms with Crippen LogP contribution >= 0.6 is 0 Å². The second-order valence-electron chi connectivity index (χ2n) is 6.47. The normalized spacial score (nSPS) is 12.0. The average Bonchev–Trinajstić information content (AvgIpc) is 2.67. The third kappa shape index (κ3) is 4.68. The highest BCUT2D eigenvalue weighted by Crippen LogP contribution is 2.32. The Bertz CT molecular complexity index is 1150. The molecule has 150 valence electrons. The largest absolute Gasteiger partial charge is 0.508 e. The van der Waals surface area contributed by atoms with E-state index in [1.165, 1.54) is 0 Å². The molecular weight excluding hydrogens is 401 g/mol. The van der Waals surface area contributed by atoms with Gasteiger partial charge in [-0.3, -0.25) is 0 Å². The number of rotatable bonds is 5. The summed E-state index contributed by atoms with van der Waals surface area (Å²) < 4.78 is 64.5. The Morgan fingerprint density at radius 1 is 0.897 bits per heavy atom. The predicted molar refractivity (Wildman–Crippen MR) is 106 cm³/mol. The molecule has 3 rings (SSSR count). The fraction of sp³-hybridized carbons (Fsp3) is 0.0909. The van der Waals surface area contributed by atoms with Crippen LogP contribution in [0.2, 0.25) is 0 Å². The Morgan fingerprint density at radius 2 is 1.59 bits per heavy atom. The molecule has 1 N–H and O–H groups in total. The lowest BCUT2D eigenvalue weighted by molar-refractivity contribution is -0.137. The standard InChI is InChI=1S/C22H17F3O3S/c1-15(26)21-11-10-17(16-6-3-2-4-7-16)12-18(21)14-29(27,28)20-9-5-8-19(13-20)22(23,24)25/h2-13,26H,1,14H2. The number of hydrogen-bond donors (Lipinski definition) is 1. The van der Waals surface area contributed by atoms with E-state index >= 15 is 0 Å². The van der Waals surface area contributed by atoms with Gasteiger partial charge in [-0.2, -0.15) is 13.2 Å². The number of alkyl halides is 3. The Morgan fingerprint density at radius 3 is 2.21 bits per heavy atom. The van der Waals surface area contributed by atoms with Gasteiger partial charge in [-0.25, -0.2) is 8.42 Å². The average molecular weight is 418 g/mol. The van der Waals surface area contributed by atoms with Gasteiger partial charge in [0.15, 0.2) is 9.84 Å². The molecule has 0 atom stereocenters. The van der Waals surface area contributed by atoms with E-state index in [1.807, 2.05) is 30.3 Å². The monoisotopic (exact) mass is 418 g/mol. The van der Waals surface area contributed by atoms with E-state index in [-0.39, 0.29) is 16.9 Å². The van der Waals surface area contributed by atoms with Gasteiger partial charge in [0.2, 0.25) is 0 Å². The molecule has 29 heavy (non-hydrogen) atoms. The van der Waals surface area contributed by atoms with E-state index in [1.54, 1.807) is 18.2 Å². The van der Waals surface area contributed by atoms with Gasteiger partial charge < -0.3 is 5.11 Å². The van der Waals surface area contributed by atoms with Crippen molar-refractivity contribution in [2.45, 2.75) is 16.8 Å². The molecule has 0 saturated carbocycles. The van der Waals surface area contributed by atoms with Crippen LogP contribution in [-0.4, -0.2) is 13.5 Å². The zero-order valence-electron chi connectivity index (χ0n) is 15.1. The molecule has 0 spiro atoms. The van der Waals surface area contributed by atoms with Gasteiger partial charge in [0, 0.05) is 5.56 Å². The number of aliphatic hydroxyl groups excluding tert-OH is 1. The summed E-state index contributed by atoms with van der Waals surface area (Å²) in [6.45, 7) is 3.45. The van der Waals surface area contributed by atoms with Crippen molar-refractivity contribution < 1.29 is 26.7 Å². The molecule has 0 aliphatic carbocycles. The van der Waals surface area contributed by atoms with Crippen LogP contribution in [0.15, 0.2) is 84.3 Å². The Hall–Kier alpha value is -3.06. The molecule has 7 heteroatoms. The quantitative estimate of drug-likeness (QED) is 0.527. The van der Waals surface area contributed by atoms with E-state index in [0.717, 1.165) is 23.8 Å². The lowest BCUT2D eigenvalue weighted by atomic mass is 9.99.